The lowest BCUT2D eigenvalue weighted by atomic mass is 9.83. The van der Waals surface area contributed by atoms with E-state index in [0.29, 0.717) is 11.1 Å². The van der Waals surface area contributed by atoms with E-state index in [1.165, 1.54) is 0 Å². The Morgan fingerprint density at radius 2 is 0.600 bits per heavy atom. The van der Waals surface area contributed by atoms with Gasteiger partial charge in [0, 0.05) is 46.5 Å². The third-order valence-corrected chi connectivity index (χ3v) is 11.1. The fraction of sp³-hybridized carbons (Fsp3) is 0.107. The lowest BCUT2D eigenvalue weighted by Crippen LogP contribution is -2.10. The van der Waals surface area contributed by atoms with Crippen molar-refractivity contribution in [2.75, 3.05) is 0 Å². The van der Waals surface area contributed by atoms with Crippen LogP contribution in [0.15, 0.2) is 216 Å². The first kappa shape index (κ1) is 39.5. The Hall–Kier alpha value is -7.30. The van der Waals surface area contributed by atoms with Crippen molar-refractivity contribution in [3.63, 3.8) is 0 Å². The SMILES string of the molecule is Cc1cc(C=N[C@@H](c2ccccc2)[C@@H](N=Cc2cc(C)cc(C(c3ccccc3)c3ccccc3)c2O)c2ccccc2)c(O)c(C(c2ccccc2)c2ccccc2)c1. The van der Waals surface area contributed by atoms with Gasteiger partial charge >= 0.3 is 0 Å². The van der Waals surface area contributed by atoms with Crippen LogP contribution in [0.25, 0.3) is 0 Å². The molecule has 4 nitrogen and oxygen atoms in total. The number of aliphatic imine (C=N–C) groups is 2. The molecule has 8 rings (SSSR count). The van der Waals surface area contributed by atoms with Gasteiger partial charge in [0.05, 0.1) is 0 Å². The maximum absolute atomic E-state index is 12.1. The molecule has 0 aromatic heterocycles. The lowest BCUT2D eigenvalue weighted by Gasteiger charge is -2.24. The second-order valence-corrected chi connectivity index (χ2v) is 15.4. The molecule has 0 aliphatic rings. The maximum Gasteiger partial charge on any atom is 0.128 e. The minimum absolute atomic E-state index is 0.179. The van der Waals surface area contributed by atoms with Crippen LogP contribution in [0, 0.1) is 13.8 Å². The highest BCUT2D eigenvalue weighted by Gasteiger charge is 2.26. The van der Waals surface area contributed by atoms with Crippen molar-refractivity contribution in [2.45, 2.75) is 37.8 Å². The highest BCUT2D eigenvalue weighted by Crippen LogP contribution is 2.42. The number of phenolic OH excluding ortho intramolecular Hbond substituents is 2. The van der Waals surface area contributed by atoms with E-state index < -0.39 is 12.1 Å². The lowest BCUT2D eigenvalue weighted by molar-refractivity contribution is 0.465. The van der Waals surface area contributed by atoms with Crippen molar-refractivity contribution < 1.29 is 10.2 Å². The van der Waals surface area contributed by atoms with E-state index in [4.69, 9.17) is 9.98 Å². The summed E-state index contributed by atoms with van der Waals surface area (Å²) in [4.78, 5) is 10.6. The first-order valence-electron chi connectivity index (χ1n) is 20.5. The first-order chi connectivity index (χ1) is 29.4. The van der Waals surface area contributed by atoms with Crippen molar-refractivity contribution >= 4 is 12.4 Å². The second kappa shape index (κ2) is 18.5. The number of hydrogen-bond donors (Lipinski definition) is 2. The summed E-state index contributed by atoms with van der Waals surface area (Å²) >= 11 is 0. The summed E-state index contributed by atoms with van der Waals surface area (Å²) in [7, 11) is 0. The molecule has 60 heavy (non-hydrogen) atoms. The molecule has 0 unspecified atom stereocenters. The smallest absolute Gasteiger partial charge is 0.128 e. The van der Waals surface area contributed by atoms with Crippen LogP contribution in [0.4, 0.5) is 0 Å². The van der Waals surface area contributed by atoms with E-state index >= 15 is 0 Å². The van der Waals surface area contributed by atoms with Crippen LogP contribution in [0.3, 0.4) is 0 Å². The van der Waals surface area contributed by atoms with Crippen molar-refractivity contribution in [1.82, 2.24) is 0 Å². The van der Waals surface area contributed by atoms with E-state index in [0.717, 1.165) is 55.6 Å². The molecular formula is C56H48N2O2. The number of hydrogen-bond acceptors (Lipinski definition) is 4. The van der Waals surface area contributed by atoms with Crippen LogP contribution in [-0.4, -0.2) is 22.6 Å². The Morgan fingerprint density at radius 1 is 0.350 bits per heavy atom. The zero-order valence-corrected chi connectivity index (χ0v) is 33.9. The molecule has 0 fully saturated rings. The molecule has 0 amide bonds. The fourth-order valence-corrected chi connectivity index (χ4v) is 8.31. The molecular weight excluding hydrogens is 733 g/mol. The second-order valence-electron chi connectivity index (χ2n) is 15.4. The van der Waals surface area contributed by atoms with E-state index in [1.54, 1.807) is 12.4 Å². The van der Waals surface area contributed by atoms with Crippen LogP contribution in [0.1, 0.15) is 90.7 Å². The van der Waals surface area contributed by atoms with E-state index in [-0.39, 0.29) is 23.3 Å². The van der Waals surface area contributed by atoms with E-state index in [9.17, 15) is 10.2 Å². The zero-order chi connectivity index (χ0) is 41.3. The Kier molecular flexibility index (Phi) is 12.2. The molecule has 2 N–H and O–H groups in total. The van der Waals surface area contributed by atoms with Gasteiger partial charge in [-0.15, -0.1) is 0 Å². The van der Waals surface area contributed by atoms with Gasteiger partial charge in [0.2, 0.25) is 0 Å². The Morgan fingerprint density at radius 3 is 0.867 bits per heavy atom. The third-order valence-electron chi connectivity index (χ3n) is 11.1. The average Bonchev–Trinajstić information content (AvgIpc) is 3.29. The number of nitrogens with zero attached hydrogens (tertiary/aromatic N) is 2. The van der Waals surface area contributed by atoms with Gasteiger partial charge in [0.1, 0.15) is 23.6 Å². The van der Waals surface area contributed by atoms with Gasteiger partial charge in [-0.25, -0.2) is 0 Å². The van der Waals surface area contributed by atoms with E-state index in [1.807, 2.05) is 121 Å². The molecule has 0 aliphatic carbocycles. The molecule has 8 aromatic carbocycles. The van der Waals surface area contributed by atoms with Gasteiger partial charge in [0.15, 0.2) is 0 Å². The van der Waals surface area contributed by atoms with Gasteiger partial charge in [0.25, 0.3) is 0 Å². The molecule has 4 heteroatoms. The summed E-state index contributed by atoms with van der Waals surface area (Å²) in [5, 5.41) is 24.3. The molecule has 0 bridgehead atoms. The number of aryl methyl sites for hydroxylation is 2. The predicted octanol–water partition coefficient (Wildman–Crippen LogP) is 13.1. The van der Waals surface area contributed by atoms with Gasteiger partial charge in [-0.2, -0.15) is 0 Å². The molecule has 8 aromatic rings. The molecule has 0 radical (unpaired) electrons. The van der Waals surface area contributed by atoms with Crippen molar-refractivity contribution in [3.8, 4) is 11.5 Å². The molecule has 0 heterocycles. The van der Waals surface area contributed by atoms with Gasteiger partial charge in [-0.1, -0.05) is 194 Å². The first-order valence-corrected chi connectivity index (χ1v) is 20.5. The minimum atomic E-state index is -0.472. The molecule has 0 spiro atoms. The number of phenols is 2. The highest BCUT2D eigenvalue weighted by atomic mass is 16.3. The van der Waals surface area contributed by atoms with Crippen molar-refractivity contribution in [1.29, 1.82) is 0 Å². The summed E-state index contributed by atoms with van der Waals surface area (Å²) in [6, 6.07) is 68.8. The molecule has 294 valence electrons. The van der Waals surface area contributed by atoms with Crippen LogP contribution in [0.2, 0.25) is 0 Å². The molecule has 0 saturated heterocycles. The zero-order valence-electron chi connectivity index (χ0n) is 33.9. The van der Waals surface area contributed by atoms with E-state index in [2.05, 4.69) is 98.8 Å². The summed E-state index contributed by atoms with van der Waals surface area (Å²) in [6.45, 7) is 4.11. The number of aromatic hydroxyl groups is 2. The van der Waals surface area contributed by atoms with Crippen LogP contribution >= 0.6 is 0 Å². The van der Waals surface area contributed by atoms with Gasteiger partial charge in [-0.3, -0.25) is 9.98 Å². The van der Waals surface area contributed by atoms with Gasteiger partial charge in [-0.05, 0) is 70.5 Å². The third kappa shape index (κ3) is 8.89. The summed E-state index contributed by atoms with van der Waals surface area (Å²) in [5.74, 6) is 0.0251. The monoisotopic (exact) mass is 780 g/mol. The quantitative estimate of drug-likeness (QED) is 0.0904. The Labute approximate surface area is 353 Å². The maximum atomic E-state index is 12.1. The molecule has 2 atom stereocenters. The molecule has 0 saturated carbocycles. The standard InChI is InChI=1S/C56H48N2O2/c1-39-33-47(55(59)49(35-39)51(41-21-9-3-10-22-41)42-23-11-4-12-24-42)37-57-53(45-29-17-7-18-30-45)54(46-31-19-8-20-32-46)58-38-48-34-40(2)36-50(56(48)60)52(43-25-13-5-14-26-43)44-27-15-6-16-28-44/h3-38,51-54,59-60H,1-2H3/t53-,54-/m0/s1. The normalized spacial score (nSPS) is 12.7. The van der Waals surface area contributed by atoms with Crippen molar-refractivity contribution in [2.24, 2.45) is 9.98 Å². The summed E-state index contributed by atoms with van der Waals surface area (Å²) in [5.41, 5.74) is 11.3. The largest absolute Gasteiger partial charge is 0.507 e. The molecule has 0 aliphatic heterocycles. The van der Waals surface area contributed by atoms with Crippen LogP contribution < -0.4 is 0 Å². The van der Waals surface area contributed by atoms with Gasteiger partial charge < -0.3 is 10.2 Å². The summed E-state index contributed by atoms with van der Waals surface area (Å²) < 4.78 is 0. The topological polar surface area (TPSA) is 65.2 Å². The highest BCUT2D eigenvalue weighted by molar-refractivity contribution is 5.86. The van der Waals surface area contributed by atoms with Crippen molar-refractivity contribution in [3.05, 3.63) is 273 Å². The number of benzene rings is 8. The fourth-order valence-electron chi connectivity index (χ4n) is 8.31. The summed E-state index contributed by atoms with van der Waals surface area (Å²) in [6.07, 6.45) is 3.60. The Bertz CT molecular complexity index is 2410. The number of rotatable bonds is 13. The van der Waals surface area contributed by atoms with Crippen LogP contribution in [-0.2, 0) is 0 Å². The average molecular weight is 781 g/mol. The Balaban J connectivity index is 1.23. The van der Waals surface area contributed by atoms with Crippen LogP contribution in [0.5, 0.6) is 11.5 Å². The minimum Gasteiger partial charge on any atom is -0.507 e. The predicted molar refractivity (Wildman–Crippen MR) is 247 cm³/mol.